The van der Waals surface area contributed by atoms with Crippen LogP contribution in [0.25, 0.3) is 6.08 Å². The van der Waals surface area contributed by atoms with Crippen LogP contribution in [0, 0.1) is 0 Å². The molecule has 0 saturated heterocycles. The lowest BCUT2D eigenvalue weighted by atomic mass is 10.1. The van der Waals surface area contributed by atoms with E-state index in [9.17, 15) is 14.4 Å². The van der Waals surface area contributed by atoms with Gasteiger partial charge in [-0.25, -0.2) is 0 Å². The van der Waals surface area contributed by atoms with Crippen LogP contribution < -0.4 is 15.4 Å². The third-order valence-electron chi connectivity index (χ3n) is 5.62. The Morgan fingerprint density at radius 1 is 0.821 bits per heavy atom. The van der Waals surface area contributed by atoms with Crippen LogP contribution in [0.1, 0.15) is 26.3 Å². The van der Waals surface area contributed by atoms with Crippen LogP contribution in [0.4, 0.5) is 5.69 Å². The van der Waals surface area contributed by atoms with E-state index in [1.54, 1.807) is 78.9 Å². The summed E-state index contributed by atoms with van der Waals surface area (Å²) >= 11 is 7.29. The van der Waals surface area contributed by atoms with Crippen molar-refractivity contribution in [2.75, 3.05) is 18.2 Å². The van der Waals surface area contributed by atoms with E-state index in [0.717, 1.165) is 4.90 Å². The average molecular weight is 557 g/mol. The lowest BCUT2D eigenvalue weighted by Crippen LogP contribution is -2.30. The molecular formula is C31H25ClN2O4S. The van der Waals surface area contributed by atoms with Crippen molar-refractivity contribution in [2.24, 2.45) is 0 Å². The molecule has 2 amide bonds. The van der Waals surface area contributed by atoms with E-state index in [4.69, 9.17) is 16.3 Å². The Hall–Kier alpha value is -4.33. The SMILES string of the molecule is COc1ccccc1/C=C(\NC(=O)c1ccccc1)C(=O)Nc1ccc(SCC(=O)c2ccc(Cl)cc2)cc1. The Kier molecular flexibility index (Phi) is 9.56. The van der Waals surface area contributed by atoms with Crippen molar-refractivity contribution in [3.8, 4) is 5.75 Å². The van der Waals surface area contributed by atoms with E-state index < -0.39 is 11.8 Å². The number of carbonyl (C=O) groups excluding carboxylic acids is 3. The van der Waals surface area contributed by atoms with E-state index in [1.165, 1.54) is 18.9 Å². The fourth-order valence-corrected chi connectivity index (χ4v) is 4.50. The number of thioether (sulfide) groups is 1. The summed E-state index contributed by atoms with van der Waals surface area (Å²) in [5.74, 6) is -0.0851. The molecule has 6 nitrogen and oxygen atoms in total. The molecule has 0 atom stereocenters. The first-order chi connectivity index (χ1) is 18.9. The van der Waals surface area contributed by atoms with Crippen molar-refractivity contribution in [1.29, 1.82) is 0 Å². The van der Waals surface area contributed by atoms with Gasteiger partial charge >= 0.3 is 0 Å². The predicted molar refractivity (Wildman–Crippen MR) is 156 cm³/mol. The Labute approximate surface area is 236 Å². The number of amides is 2. The number of Topliss-reactive ketones (excluding diaryl/α,β-unsaturated/α-hetero) is 1. The molecule has 4 aromatic rings. The maximum atomic E-state index is 13.3. The minimum atomic E-state index is -0.497. The number of anilines is 1. The first kappa shape index (κ1) is 27.7. The summed E-state index contributed by atoms with van der Waals surface area (Å²) in [4.78, 5) is 39.4. The van der Waals surface area contributed by atoms with Gasteiger partial charge in [-0.3, -0.25) is 14.4 Å². The molecule has 0 aliphatic heterocycles. The molecule has 0 heterocycles. The van der Waals surface area contributed by atoms with Gasteiger partial charge in [-0.1, -0.05) is 48.0 Å². The van der Waals surface area contributed by atoms with Crippen LogP contribution in [0.2, 0.25) is 5.02 Å². The van der Waals surface area contributed by atoms with Crippen molar-refractivity contribution in [1.82, 2.24) is 5.32 Å². The van der Waals surface area contributed by atoms with Gasteiger partial charge in [-0.15, -0.1) is 11.8 Å². The van der Waals surface area contributed by atoms with Crippen molar-refractivity contribution in [3.63, 3.8) is 0 Å². The highest BCUT2D eigenvalue weighted by Crippen LogP contribution is 2.23. The summed E-state index contributed by atoms with van der Waals surface area (Å²) in [6, 6.07) is 29.8. The van der Waals surface area contributed by atoms with Crippen molar-refractivity contribution in [3.05, 3.63) is 131 Å². The monoisotopic (exact) mass is 556 g/mol. The highest BCUT2D eigenvalue weighted by atomic mass is 35.5. The number of methoxy groups -OCH3 is 1. The topological polar surface area (TPSA) is 84.5 Å². The molecular weight excluding hydrogens is 532 g/mol. The molecule has 0 aromatic heterocycles. The van der Waals surface area contributed by atoms with Crippen LogP contribution in [-0.2, 0) is 4.79 Å². The Morgan fingerprint density at radius 2 is 1.49 bits per heavy atom. The lowest BCUT2D eigenvalue weighted by molar-refractivity contribution is -0.113. The van der Waals surface area contributed by atoms with Crippen LogP contribution in [0.5, 0.6) is 5.75 Å². The van der Waals surface area contributed by atoms with Gasteiger partial charge in [0.1, 0.15) is 11.4 Å². The summed E-state index contributed by atoms with van der Waals surface area (Å²) in [7, 11) is 1.54. The summed E-state index contributed by atoms with van der Waals surface area (Å²) in [5, 5.41) is 6.13. The first-order valence-corrected chi connectivity index (χ1v) is 13.3. The van der Waals surface area contributed by atoms with Crippen LogP contribution >= 0.6 is 23.4 Å². The molecule has 196 valence electrons. The number of para-hydroxylation sites is 1. The molecule has 2 N–H and O–H groups in total. The Bertz CT molecular complexity index is 1490. The minimum Gasteiger partial charge on any atom is -0.496 e. The number of ether oxygens (including phenoxy) is 1. The Morgan fingerprint density at radius 3 is 2.18 bits per heavy atom. The molecule has 0 saturated carbocycles. The molecule has 0 bridgehead atoms. The fourth-order valence-electron chi connectivity index (χ4n) is 3.58. The molecule has 39 heavy (non-hydrogen) atoms. The average Bonchev–Trinajstić information content (AvgIpc) is 2.97. The van der Waals surface area contributed by atoms with Gasteiger partial charge in [0.05, 0.1) is 12.9 Å². The maximum Gasteiger partial charge on any atom is 0.272 e. The maximum absolute atomic E-state index is 13.3. The predicted octanol–water partition coefficient (Wildman–Crippen LogP) is 6.73. The molecule has 0 radical (unpaired) electrons. The number of benzene rings is 4. The zero-order valence-electron chi connectivity index (χ0n) is 21.0. The van der Waals surface area contributed by atoms with Gasteiger partial charge in [-0.05, 0) is 72.8 Å². The second-order valence-electron chi connectivity index (χ2n) is 8.32. The van der Waals surface area contributed by atoms with Crippen molar-refractivity contribution < 1.29 is 19.1 Å². The third kappa shape index (κ3) is 7.83. The summed E-state index contributed by atoms with van der Waals surface area (Å²) in [6.45, 7) is 0. The van der Waals surface area contributed by atoms with Crippen LogP contribution in [0.15, 0.2) is 114 Å². The van der Waals surface area contributed by atoms with E-state index in [0.29, 0.717) is 33.1 Å². The van der Waals surface area contributed by atoms with Gasteiger partial charge in [0.15, 0.2) is 5.78 Å². The first-order valence-electron chi connectivity index (χ1n) is 12.0. The molecule has 0 fully saturated rings. The number of ketones is 1. The highest BCUT2D eigenvalue weighted by Gasteiger charge is 2.16. The van der Waals surface area contributed by atoms with E-state index in [2.05, 4.69) is 10.6 Å². The number of rotatable bonds is 10. The number of halogens is 1. The second kappa shape index (κ2) is 13.5. The van der Waals surface area contributed by atoms with Gasteiger partial charge in [-0.2, -0.15) is 0 Å². The molecule has 0 aliphatic rings. The van der Waals surface area contributed by atoms with Crippen LogP contribution in [-0.4, -0.2) is 30.5 Å². The van der Waals surface area contributed by atoms with Gasteiger partial charge in [0, 0.05) is 32.3 Å². The largest absolute Gasteiger partial charge is 0.496 e. The molecule has 0 spiro atoms. The summed E-state index contributed by atoms with van der Waals surface area (Å²) < 4.78 is 5.40. The summed E-state index contributed by atoms with van der Waals surface area (Å²) in [6.07, 6.45) is 1.57. The molecule has 0 unspecified atom stereocenters. The highest BCUT2D eigenvalue weighted by molar-refractivity contribution is 8.00. The number of hydrogen-bond donors (Lipinski definition) is 2. The second-order valence-corrected chi connectivity index (χ2v) is 9.80. The standard InChI is InChI=1S/C31H25ClN2O4S/c1-38-29-10-6-5-9-23(29)19-27(34-30(36)22-7-3-2-4-8-22)31(37)33-25-15-17-26(18-16-25)39-20-28(35)21-11-13-24(32)14-12-21/h2-19H,20H2,1H3,(H,33,37)(H,34,36)/b27-19-. The number of carbonyl (C=O) groups is 3. The van der Waals surface area contributed by atoms with E-state index >= 15 is 0 Å². The Balaban J connectivity index is 1.46. The lowest BCUT2D eigenvalue weighted by Gasteiger charge is -2.13. The zero-order chi connectivity index (χ0) is 27.6. The van der Waals surface area contributed by atoms with Gasteiger partial charge in [0.2, 0.25) is 0 Å². The molecule has 8 heteroatoms. The normalized spacial score (nSPS) is 11.0. The van der Waals surface area contributed by atoms with Crippen LogP contribution in [0.3, 0.4) is 0 Å². The molecule has 4 rings (SSSR count). The van der Waals surface area contributed by atoms with Gasteiger partial charge < -0.3 is 15.4 Å². The van der Waals surface area contributed by atoms with Crippen molar-refractivity contribution >= 4 is 52.7 Å². The smallest absolute Gasteiger partial charge is 0.272 e. The summed E-state index contributed by atoms with van der Waals surface area (Å²) in [5.41, 5.74) is 2.25. The van der Waals surface area contributed by atoms with E-state index in [1.807, 2.05) is 30.3 Å². The molecule has 0 aliphatic carbocycles. The van der Waals surface area contributed by atoms with E-state index in [-0.39, 0.29) is 17.2 Å². The zero-order valence-corrected chi connectivity index (χ0v) is 22.6. The van der Waals surface area contributed by atoms with Gasteiger partial charge in [0.25, 0.3) is 11.8 Å². The number of hydrogen-bond acceptors (Lipinski definition) is 5. The molecule has 4 aromatic carbocycles. The minimum absolute atomic E-state index is 0.00526. The fraction of sp³-hybridized carbons (Fsp3) is 0.0645. The number of nitrogens with one attached hydrogen (secondary N) is 2. The van der Waals surface area contributed by atoms with Crippen molar-refractivity contribution in [2.45, 2.75) is 4.90 Å². The quantitative estimate of drug-likeness (QED) is 0.128. The third-order valence-corrected chi connectivity index (χ3v) is 6.88.